The van der Waals surface area contributed by atoms with E-state index < -0.39 is 12.5 Å². The van der Waals surface area contributed by atoms with Crippen LogP contribution in [0.1, 0.15) is 53.1 Å². The van der Waals surface area contributed by atoms with Crippen molar-refractivity contribution in [3.63, 3.8) is 0 Å². The lowest BCUT2D eigenvalue weighted by atomic mass is 9.88. The lowest BCUT2D eigenvalue weighted by Gasteiger charge is -2.37. The summed E-state index contributed by atoms with van der Waals surface area (Å²) in [5, 5.41) is 3.18. The van der Waals surface area contributed by atoms with Crippen molar-refractivity contribution in [3.8, 4) is 23.0 Å². The predicted molar refractivity (Wildman–Crippen MR) is 161 cm³/mol. The number of rotatable bonds is 12. The molecule has 3 aromatic rings. The lowest BCUT2D eigenvalue weighted by Crippen LogP contribution is -2.44. The number of methoxy groups -OCH3 is 3. The summed E-state index contributed by atoms with van der Waals surface area (Å²) in [6.45, 7) is 1.52. The Morgan fingerprint density at radius 1 is 0.907 bits per heavy atom. The molecule has 0 radical (unpaired) electrons. The van der Waals surface area contributed by atoms with Gasteiger partial charge in [0.2, 0.25) is 5.91 Å². The van der Waals surface area contributed by atoms with Crippen molar-refractivity contribution in [2.75, 3.05) is 47.6 Å². The number of halogens is 2. The van der Waals surface area contributed by atoms with E-state index in [2.05, 4.69) is 34.5 Å². The number of nitrogens with zero attached hydrogens (tertiary/aromatic N) is 1. The molecule has 1 N–H and O–H groups in total. The van der Waals surface area contributed by atoms with E-state index in [0.717, 1.165) is 36.5 Å². The van der Waals surface area contributed by atoms with Gasteiger partial charge in [0, 0.05) is 32.0 Å². The van der Waals surface area contributed by atoms with Crippen LogP contribution < -0.4 is 24.3 Å². The van der Waals surface area contributed by atoms with Gasteiger partial charge in [0.25, 0.3) is 5.92 Å². The molecule has 43 heavy (non-hydrogen) atoms. The van der Waals surface area contributed by atoms with Gasteiger partial charge in [0.1, 0.15) is 0 Å². The highest BCUT2D eigenvalue weighted by Crippen LogP contribution is 2.41. The van der Waals surface area contributed by atoms with Crippen LogP contribution in [-0.2, 0) is 24.1 Å². The van der Waals surface area contributed by atoms with Crippen LogP contribution in [0.25, 0.3) is 0 Å². The Labute approximate surface area is 252 Å². The predicted octanol–water partition coefficient (Wildman–Crippen LogP) is 5.73. The summed E-state index contributed by atoms with van der Waals surface area (Å²) >= 11 is 0. The molecule has 230 valence electrons. The Bertz CT molecular complexity index is 1440. The third-order valence-corrected chi connectivity index (χ3v) is 8.40. The Balaban J connectivity index is 1.40. The molecule has 1 heterocycles. The second-order valence-electron chi connectivity index (χ2n) is 11.4. The van der Waals surface area contributed by atoms with Crippen molar-refractivity contribution in [3.05, 3.63) is 82.4 Å². The normalized spacial score (nSPS) is 18.0. The zero-order chi connectivity index (χ0) is 30.6. The van der Waals surface area contributed by atoms with Gasteiger partial charge in [-0.2, -0.15) is 0 Å². The van der Waals surface area contributed by atoms with Crippen LogP contribution in [0.4, 0.5) is 8.78 Å². The summed E-state index contributed by atoms with van der Waals surface area (Å²) in [7, 11) is 4.69. The number of fused-ring (bicyclic) bond motifs is 2. The van der Waals surface area contributed by atoms with E-state index in [0.29, 0.717) is 49.1 Å². The van der Waals surface area contributed by atoms with E-state index in [4.69, 9.17) is 18.9 Å². The molecule has 1 aliphatic carbocycles. The number of carbonyl (C=O) groups is 1. The van der Waals surface area contributed by atoms with Crippen molar-refractivity contribution in [1.29, 1.82) is 0 Å². The molecule has 0 fully saturated rings. The molecular weight excluding hydrogens is 554 g/mol. The van der Waals surface area contributed by atoms with E-state index in [1.54, 1.807) is 20.3 Å². The topological polar surface area (TPSA) is 69.3 Å². The number of amides is 1. The van der Waals surface area contributed by atoms with Crippen molar-refractivity contribution in [1.82, 2.24) is 10.2 Å². The molecule has 1 aliphatic heterocycles. The molecule has 2 atom stereocenters. The Hall–Kier alpha value is -3.85. The minimum atomic E-state index is -3.00. The molecule has 9 heteroatoms. The Morgan fingerprint density at radius 2 is 1.65 bits per heavy atom. The molecule has 2 unspecified atom stereocenters. The Morgan fingerprint density at radius 3 is 2.40 bits per heavy atom. The fourth-order valence-corrected chi connectivity index (χ4v) is 6.23. The van der Waals surface area contributed by atoms with Gasteiger partial charge in [-0.25, -0.2) is 8.78 Å². The lowest BCUT2D eigenvalue weighted by molar-refractivity contribution is -0.123. The van der Waals surface area contributed by atoms with E-state index in [1.807, 2.05) is 24.3 Å². The van der Waals surface area contributed by atoms with Crippen molar-refractivity contribution < 1.29 is 32.5 Å². The first-order valence-electron chi connectivity index (χ1n) is 14.7. The SMILES string of the molecule is COc1ccc(CC2c3cc(OCC(C)(F)F)c(OC)cc3CCN2CC(=O)NCC2CCc3ccccc32)cc1OC. The largest absolute Gasteiger partial charge is 0.493 e. The van der Waals surface area contributed by atoms with E-state index in [9.17, 15) is 13.6 Å². The maximum atomic E-state index is 13.7. The molecule has 1 amide bonds. The second kappa shape index (κ2) is 13.2. The molecule has 3 aromatic carbocycles. The fourth-order valence-electron chi connectivity index (χ4n) is 6.23. The van der Waals surface area contributed by atoms with Crippen molar-refractivity contribution in [2.24, 2.45) is 0 Å². The number of ether oxygens (including phenoxy) is 4. The molecular formula is C34H40F2N2O5. The number of carbonyl (C=O) groups excluding carboxylic acids is 1. The molecule has 7 nitrogen and oxygen atoms in total. The highest BCUT2D eigenvalue weighted by atomic mass is 19.3. The summed E-state index contributed by atoms with van der Waals surface area (Å²) in [5.74, 6) is -0.817. The minimum absolute atomic E-state index is 0.0410. The summed E-state index contributed by atoms with van der Waals surface area (Å²) in [4.78, 5) is 15.5. The first-order valence-corrected chi connectivity index (χ1v) is 14.7. The smallest absolute Gasteiger partial charge is 0.278 e. The first kappa shape index (κ1) is 30.6. The van der Waals surface area contributed by atoms with Crippen LogP contribution >= 0.6 is 0 Å². The first-order chi connectivity index (χ1) is 20.7. The van der Waals surface area contributed by atoms with Crippen LogP contribution in [-0.4, -0.2) is 64.3 Å². The average molecular weight is 595 g/mol. The molecule has 5 rings (SSSR count). The number of nitrogens with one attached hydrogen (secondary N) is 1. The minimum Gasteiger partial charge on any atom is -0.493 e. The van der Waals surface area contributed by atoms with Gasteiger partial charge in [0.15, 0.2) is 29.6 Å². The Kier molecular flexibility index (Phi) is 9.40. The monoisotopic (exact) mass is 594 g/mol. The second-order valence-corrected chi connectivity index (χ2v) is 11.4. The highest BCUT2D eigenvalue weighted by Gasteiger charge is 2.32. The van der Waals surface area contributed by atoms with Crippen LogP contribution in [0.5, 0.6) is 23.0 Å². The fraction of sp³-hybridized carbons (Fsp3) is 0.441. The maximum absolute atomic E-state index is 13.7. The third kappa shape index (κ3) is 7.21. The van der Waals surface area contributed by atoms with Gasteiger partial charge in [-0.05, 0) is 77.8 Å². The molecule has 0 spiro atoms. The number of benzene rings is 3. The van der Waals surface area contributed by atoms with Crippen LogP contribution in [0.15, 0.2) is 54.6 Å². The number of aryl methyl sites for hydroxylation is 1. The molecule has 0 saturated heterocycles. The van der Waals surface area contributed by atoms with Gasteiger partial charge in [-0.3, -0.25) is 9.69 Å². The van der Waals surface area contributed by atoms with E-state index >= 15 is 0 Å². The van der Waals surface area contributed by atoms with Crippen molar-refractivity contribution >= 4 is 5.91 Å². The van der Waals surface area contributed by atoms with Crippen LogP contribution in [0.3, 0.4) is 0 Å². The van der Waals surface area contributed by atoms with Crippen LogP contribution in [0, 0.1) is 0 Å². The number of hydrogen-bond donors (Lipinski definition) is 1. The highest BCUT2D eigenvalue weighted by molar-refractivity contribution is 5.78. The van der Waals surface area contributed by atoms with Gasteiger partial charge in [-0.1, -0.05) is 30.3 Å². The third-order valence-electron chi connectivity index (χ3n) is 8.40. The zero-order valence-corrected chi connectivity index (χ0v) is 25.3. The van der Waals surface area contributed by atoms with E-state index in [-0.39, 0.29) is 24.2 Å². The zero-order valence-electron chi connectivity index (χ0n) is 25.3. The number of hydrogen-bond acceptors (Lipinski definition) is 6. The molecule has 0 bridgehead atoms. The quantitative estimate of drug-likeness (QED) is 0.289. The number of alkyl halides is 2. The van der Waals surface area contributed by atoms with Gasteiger partial charge >= 0.3 is 0 Å². The summed E-state index contributed by atoms with van der Waals surface area (Å²) in [6.07, 6.45) is 3.30. The van der Waals surface area contributed by atoms with Crippen LogP contribution in [0.2, 0.25) is 0 Å². The maximum Gasteiger partial charge on any atom is 0.278 e. The molecule has 0 aromatic heterocycles. The molecule has 2 aliphatic rings. The van der Waals surface area contributed by atoms with E-state index in [1.165, 1.54) is 18.2 Å². The van der Waals surface area contributed by atoms with Gasteiger partial charge in [-0.15, -0.1) is 0 Å². The summed E-state index contributed by atoms with van der Waals surface area (Å²) < 4.78 is 49.4. The summed E-state index contributed by atoms with van der Waals surface area (Å²) in [6, 6.07) is 17.7. The van der Waals surface area contributed by atoms with Crippen molar-refractivity contribution in [2.45, 2.75) is 50.5 Å². The van der Waals surface area contributed by atoms with Gasteiger partial charge in [0.05, 0.1) is 27.9 Å². The van der Waals surface area contributed by atoms with Gasteiger partial charge < -0.3 is 24.3 Å². The average Bonchev–Trinajstić information content (AvgIpc) is 3.42. The summed E-state index contributed by atoms with van der Waals surface area (Å²) in [5.41, 5.74) is 5.63. The molecule has 0 saturated carbocycles. The standard InChI is InChI=1S/C34H40F2N2O5/c1-34(35,36)21-43-32-18-27-24(17-31(32)42-4)13-14-38(28(27)15-22-9-12-29(40-2)30(16-22)41-3)20-33(39)37-19-25-11-10-23-7-5-6-8-26(23)25/h5-9,12,16-18,25,28H,10-11,13-15,19-21H2,1-4H3,(H,37,39).